The maximum Gasteiger partial charge on any atom is 0.273 e. The fourth-order valence-electron chi connectivity index (χ4n) is 3.92. The molecule has 0 saturated heterocycles. The molecule has 0 amide bonds. The van der Waals surface area contributed by atoms with E-state index in [0.717, 1.165) is 23.2 Å². The quantitative estimate of drug-likeness (QED) is 0.505. The van der Waals surface area contributed by atoms with E-state index in [1.54, 1.807) is 18.2 Å². The molecule has 128 valence electrons. The number of nitrogens with one attached hydrogen (secondary N) is 1. The molecule has 0 radical (unpaired) electrons. The third-order valence-electron chi connectivity index (χ3n) is 5.08. The summed E-state index contributed by atoms with van der Waals surface area (Å²) in [6.45, 7) is 0. The molecule has 0 unspecified atom stereocenters. The van der Waals surface area contributed by atoms with Crippen LogP contribution in [0.1, 0.15) is 29.5 Å². The lowest BCUT2D eigenvalue weighted by Crippen LogP contribution is -2.29. The Morgan fingerprint density at radius 1 is 1.28 bits per heavy atom. The largest absolute Gasteiger partial charge is 0.494 e. The second kappa shape index (κ2) is 5.88. The third kappa shape index (κ3) is 2.54. The van der Waals surface area contributed by atoms with Crippen LogP contribution >= 0.6 is 0 Å². The minimum Gasteiger partial charge on any atom is -0.494 e. The molecule has 2 aromatic rings. The summed E-state index contributed by atoms with van der Waals surface area (Å²) in [7, 11) is 1.50. The number of methoxy groups -OCH3 is 1. The fraction of sp³-hybridized carbons (Fsp3) is 0.263. The molecule has 0 fully saturated rings. The van der Waals surface area contributed by atoms with Crippen LogP contribution < -0.4 is 10.1 Å². The van der Waals surface area contributed by atoms with E-state index in [2.05, 4.69) is 17.5 Å². The van der Waals surface area contributed by atoms with Gasteiger partial charge < -0.3 is 10.1 Å². The fourth-order valence-corrected chi connectivity index (χ4v) is 3.92. The summed E-state index contributed by atoms with van der Waals surface area (Å²) in [5.41, 5.74) is 2.67. The zero-order valence-electron chi connectivity index (χ0n) is 13.6. The topological polar surface area (TPSA) is 64.4 Å². The molecule has 0 aromatic heterocycles. The van der Waals surface area contributed by atoms with Crippen molar-refractivity contribution in [1.29, 1.82) is 0 Å². The van der Waals surface area contributed by atoms with Gasteiger partial charge >= 0.3 is 0 Å². The number of rotatable bonds is 3. The predicted octanol–water partition coefficient (Wildman–Crippen LogP) is 4.57. The summed E-state index contributed by atoms with van der Waals surface area (Å²) < 4.78 is 18.7. The lowest BCUT2D eigenvalue weighted by atomic mass is 9.76. The van der Waals surface area contributed by atoms with Gasteiger partial charge in [0.25, 0.3) is 5.69 Å². The second-order valence-electron chi connectivity index (χ2n) is 6.40. The summed E-state index contributed by atoms with van der Waals surface area (Å²) >= 11 is 0. The van der Waals surface area contributed by atoms with Gasteiger partial charge in [-0.3, -0.25) is 10.1 Å². The molecule has 0 spiro atoms. The van der Waals surface area contributed by atoms with Gasteiger partial charge in [-0.25, -0.2) is 4.39 Å². The minimum atomic E-state index is -0.400. The number of fused-ring (bicyclic) bond motifs is 3. The molecule has 6 heteroatoms. The maximum atomic E-state index is 13.3. The lowest BCUT2D eigenvalue weighted by molar-refractivity contribution is -0.385. The zero-order valence-corrected chi connectivity index (χ0v) is 13.6. The molecular weight excluding hydrogens is 323 g/mol. The lowest BCUT2D eigenvalue weighted by Gasteiger charge is -2.38. The number of benzene rings is 2. The average molecular weight is 340 g/mol. The highest BCUT2D eigenvalue weighted by atomic mass is 19.1. The van der Waals surface area contributed by atoms with Gasteiger partial charge in [0.05, 0.1) is 29.8 Å². The standard InChI is InChI=1S/C19H17FN2O3/c1-25-17-10-13(22(23)24)9-16-14-3-2-4-15(14)18(21-19(16)17)11-5-7-12(20)8-6-11/h2-3,5-10,14-15,18,21H,4H2,1H3/t14-,15-,18-/m1/s1. The maximum absolute atomic E-state index is 13.3. The number of anilines is 1. The van der Waals surface area contributed by atoms with Crippen LogP contribution in [0.3, 0.4) is 0 Å². The highest BCUT2D eigenvalue weighted by molar-refractivity contribution is 5.71. The van der Waals surface area contributed by atoms with Crippen LogP contribution in [0.15, 0.2) is 48.6 Å². The average Bonchev–Trinajstić information content (AvgIpc) is 3.10. The van der Waals surface area contributed by atoms with E-state index >= 15 is 0 Å². The number of nitrogens with zero attached hydrogens (tertiary/aromatic N) is 1. The molecule has 1 heterocycles. The van der Waals surface area contributed by atoms with Gasteiger partial charge in [0.2, 0.25) is 0 Å². The van der Waals surface area contributed by atoms with Crippen molar-refractivity contribution in [3.05, 3.63) is 75.6 Å². The van der Waals surface area contributed by atoms with Gasteiger partial charge in [0.1, 0.15) is 11.6 Å². The third-order valence-corrected chi connectivity index (χ3v) is 5.08. The molecule has 3 atom stereocenters. The Morgan fingerprint density at radius 3 is 2.72 bits per heavy atom. The van der Waals surface area contributed by atoms with Gasteiger partial charge in [0, 0.05) is 12.0 Å². The van der Waals surface area contributed by atoms with Crippen molar-refractivity contribution in [2.45, 2.75) is 18.4 Å². The Morgan fingerprint density at radius 2 is 2.04 bits per heavy atom. The molecular formula is C19H17FN2O3. The summed E-state index contributed by atoms with van der Waals surface area (Å²) in [5.74, 6) is 0.481. The molecule has 0 bridgehead atoms. The summed E-state index contributed by atoms with van der Waals surface area (Å²) in [6.07, 6.45) is 5.07. The number of nitro benzene ring substituents is 1. The van der Waals surface area contributed by atoms with Crippen LogP contribution in [0.5, 0.6) is 5.75 Å². The zero-order chi connectivity index (χ0) is 17.6. The van der Waals surface area contributed by atoms with Crippen LogP contribution in [0.25, 0.3) is 0 Å². The second-order valence-corrected chi connectivity index (χ2v) is 6.40. The number of ether oxygens (including phenoxy) is 1. The monoisotopic (exact) mass is 340 g/mol. The normalized spacial score (nSPS) is 23.5. The Bertz CT molecular complexity index is 864. The van der Waals surface area contributed by atoms with E-state index in [-0.39, 0.29) is 29.4 Å². The molecule has 2 aliphatic rings. The van der Waals surface area contributed by atoms with Crippen molar-refractivity contribution in [2.75, 3.05) is 12.4 Å². The number of nitro groups is 1. The van der Waals surface area contributed by atoms with Crippen molar-refractivity contribution in [3.8, 4) is 5.75 Å². The molecule has 2 aromatic carbocycles. The highest BCUT2D eigenvalue weighted by Gasteiger charge is 2.40. The van der Waals surface area contributed by atoms with Crippen LogP contribution in [-0.2, 0) is 0 Å². The van der Waals surface area contributed by atoms with Gasteiger partial charge in [-0.2, -0.15) is 0 Å². The van der Waals surface area contributed by atoms with E-state index in [4.69, 9.17) is 4.74 Å². The first-order valence-corrected chi connectivity index (χ1v) is 8.13. The van der Waals surface area contributed by atoms with Crippen molar-refractivity contribution in [2.24, 2.45) is 5.92 Å². The number of hydrogen-bond acceptors (Lipinski definition) is 4. The van der Waals surface area contributed by atoms with Crippen LogP contribution in [-0.4, -0.2) is 12.0 Å². The summed E-state index contributed by atoms with van der Waals surface area (Å²) in [4.78, 5) is 10.8. The van der Waals surface area contributed by atoms with E-state index in [9.17, 15) is 14.5 Å². The molecule has 1 N–H and O–H groups in total. The van der Waals surface area contributed by atoms with Crippen molar-refractivity contribution in [1.82, 2.24) is 0 Å². The van der Waals surface area contributed by atoms with Crippen LogP contribution in [0.2, 0.25) is 0 Å². The van der Waals surface area contributed by atoms with Gasteiger partial charge in [-0.1, -0.05) is 24.3 Å². The Hall–Kier alpha value is -2.89. The molecule has 0 saturated carbocycles. The number of halogens is 1. The highest BCUT2D eigenvalue weighted by Crippen LogP contribution is 2.53. The number of non-ortho nitro benzene ring substituents is 1. The van der Waals surface area contributed by atoms with Crippen molar-refractivity contribution in [3.63, 3.8) is 0 Å². The molecule has 4 rings (SSSR count). The Kier molecular flexibility index (Phi) is 3.67. The summed E-state index contributed by atoms with van der Waals surface area (Å²) in [5, 5.41) is 14.7. The first-order valence-electron chi connectivity index (χ1n) is 8.13. The molecule has 1 aliphatic heterocycles. The Labute approximate surface area is 144 Å². The van der Waals surface area contributed by atoms with Crippen molar-refractivity contribution >= 4 is 11.4 Å². The first kappa shape index (κ1) is 15.6. The predicted molar refractivity (Wildman–Crippen MR) is 92.4 cm³/mol. The summed E-state index contributed by atoms with van der Waals surface area (Å²) in [6, 6.07) is 9.53. The van der Waals surface area contributed by atoms with E-state index in [1.807, 2.05) is 0 Å². The van der Waals surface area contributed by atoms with E-state index < -0.39 is 4.92 Å². The molecule has 25 heavy (non-hydrogen) atoms. The Balaban J connectivity index is 1.84. The smallest absolute Gasteiger partial charge is 0.273 e. The molecule has 5 nitrogen and oxygen atoms in total. The number of hydrogen-bond donors (Lipinski definition) is 1. The van der Waals surface area contributed by atoms with Gasteiger partial charge in [-0.15, -0.1) is 0 Å². The van der Waals surface area contributed by atoms with Gasteiger partial charge in [0.15, 0.2) is 0 Å². The minimum absolute atomic E-state index is 0.0107. The van der Waals surface area contributed by atoms with Crippen LogP contribution in [0.4, 0.5) is 15.8 Å². The van der Waals surface area contributed by atoms with E-state index in [0.29, 0.717) is 5.75 Å². The van der Waals surface area contributed by atoms with E-state index in [1.165, 1.54) is 25.3 Å². The van der Waals surface area contributed by atoms with Crippen LogP contribution in [0, 0.1) is 21.8 Å². The number of allylic oxidation sites excluding steroid dienone is 2. The molecule has 1 aliphatic carbocycles. The first-order chi connectivity index (χ1) is 12.1. The van der Waals surface area contributed by atoms with Gasteiger partial charge in [-0.05, 0) is 35.6 Å². The SMILES string of the molecule is COc1cc([N+](=O)[O-])cc2c1N[C@H](c1ccc(F)cc1)[C@@H]1CC=C[C@@H]21. The van der Waals surface area contributed by atoms with Crippen molar-refractivity contribution < 1.29 is 14.1 Å².